The molecule has 0 bridgehead atoms. The number of hydrogen-bond donors (Lipinski definition) is 2. The molecule has 1 aliphatic rings. The van der Waals surface area contributed by atoms with Crippen LogP contribution >= 0.6 is 0 Å². The van der Waals surface area contributed by atoms with Crippen LogP contribution in [0.4, 0.5) is 5.69 Å². The Hall–Kier alpha value is -3.07. The summed E-state index contributed by atoms with van der Waals surface area (Å²) in [6.45, 7) is 2.13. The molecule has 1 aromatic heterocycles. The first-order valence-corrected chi connectivity index (χ1v) is 7.45. The van der Waals surface area contributed by atoms with Crippen molar-refractivity contribution in [1.82, 2.24) is 25.4 Å². The van der Waals surface area contributed by atoms with Crippen molar-refractivity contribution < 1.29 is 9.72 Å². The van der Waals surface area contributed by atoms with E-state index >= 15 is 0 Å². The summed E-state index contributed by atoms with van der Waals surface area (Å²) in [6.07, 6.45) is 5.58. The van der Waals surface area contributed by atoms with Crippen LogP contribution in [-0.4, -0.2) is 45.2 Å². The predicted octanol–water partition coefficient (Wildman–Crippen LogP) is 0.825. The number of benzene rings is 1. The molecule has 0 aliphatic carbocycles. The van der Waals surface area contributed by atoms with Gasteiger partial charge in [0, 0.05) is 24.7 Å². The van der Waals surface area contributed by atoms with Crippen LogP contribution in [0.15, 0.2) is 42.5 Å². The molecule has 9 heteroatoms. The Labute approximate surface area is 137 Å². The Morgan fingerprint density at radius 1 is 1.46 bits per heavy atom. The molecule has 1 amide bonds. The van der Waals surface area contributed by atoms with Crippen molar-refractivity contribution in [3.8, 4) is 5.69 Å². The van der Waals surface area contributed by atoms with Gasteiger partial charge in [-0.15, -0.1) is 0 Å². The number of nitrogens with one attached hydrogen (secondary N) is 2. The van der Waals surface area contributed by atoms with Crippen molar-refractivity contribution >= 4 is 11.6 Å². The number of nitro groups is 1. The highest BCUT2D eigenvalue weighted by Crippen LogP contribution is 2.23. The van der Waals surface area contributed by atoms with Crippen LogP contribution in [0.3, 0.4) is 0 Å². The predicted molar refractivity (Wildman–Crippen MR) is 85.9 cm³/mol. The molecule has 0 atom stereocenters. The highest BCUT2D eigenvalue weighted by Gasteiger charge is 2.19. The van der Waals surface area contributed by atoms with Gasteiger partial charge in [0.15, 0.2) is 0 Å². The monoisotopic (exact) mass is 328 g/mol. The summed E-state index contributed by atoms with van der Waals surface area (Å²) in [5, 5.41) is 21.2. The second-order valence-corrected chi connectivity index (χ2v) is 5.30. The Kier molecular flexibility index (Phi) is 4.62. The highest BCUT2D eigenvalue weighted by molar-refractivity contribution is 5.95. The molecule has 1 aliphatic heterocycles. The second-order valence-electron chi connectivity index (χ2n) is 5.30. The number of carbonyl (C=O) groups is 1. The van der Waals surface area contributed by atoms with Crippen molar-refractivity contribution in [2.45, 2.75) is 6.42 Å². The van der Waals surface area contributed by atoms with E-state index in [0.717, 1.165) is 25.1 Å². The second kappa shape index (κ2) is 7.01. The third kappa shape index (κ3) is 3.46. The molecule has 9 nitrogen and oxygen atoms in total. The fourth-order valence-electron chi connectivity index (χ4n) is 2.46. The molecular formula is C15H16N6O3. The van der Waals surface area contributed by atoms with Crippen molar-refractivity contribution in [1.29, 1.82) is 0 Å². The van der Waals surface area contributed by atoms with Crippen LogP contribution < -0.4 is 10.6 Å². The van der Waals surface area contributed by atoms with Crippen LogP contribution in [0.5, 0.6) is 0 Å². The molecule has 2 heterocycles. The topological polar surface area (TPSA) is 115 Å². The lowest BCUT2D eigenvalue weighted by atomic mass is 10.1. The molecule has 124 valence electrons. The molecule has 0 unspecified atom stereocenters. The Morgan fingerprint density at radius 2 is 2.33 bits per heavy atom. The summed E-state index contributed by atoms with van der Waals surface area (Å²) in [5.74, 6) is -0.345. The number of carbonyl (C=O) groups excluding carboxylic acids is 1. The van der Waals surface area contributed by atoms with Gasteiger partial charge in [0.1, 0.15) is 18.3 Å². The van der Waals surface area contributed by atoms with Gasteiger partial charge in [-0.1, -0.05) is 11.6 Å². The van der Waals surface area contributed by atoms with Crippen molar-refractivity contribution in [3.63, 3.8) is 0 Å². The van der Waals surface area contributed by atoms with Gasteiger partial charge >= 0.3 is 0 Å². The maximum atomic E-state index is 12.2. The van der Waals surface area contributed by atoms with E-state index in [1.54, 1.807) is 0 Å². The average Bonchev–Trinajstić information content (AvgIpc) is 3.14. The molecule has 0 fully saturated rings. The Morgan fingerprint density at radius 3 is 3.00 bits per heavy atom. The van der Waals surface area contributed by atoms with Crippen LogP contribution in [-0.2, 0) is 0 Å². The van der Waals surface area contributed by atoms with Gasteiger partial charge in [-0.3, -0.25) is 14.9 Å². The van der Waals surface area contributed by atoms with Gasteiger partial charge in [-0.05, 0) is 25.1 Å². The molecule has 1 aromatic carbocycles. The summed E-state index contributed by atoms with van der Waals surface area (Å²) in [6, 6.07) is 4.28. The van der Waals surface area contributed by atoms with E-state index in [9.17, 15) is 14.9 Å². The van der Waals surface area contributed by atoms with E-state index in [2.05, 4.69) is 20.7 Å². The van der Waals surface area contributed by atoms with E-state index in [1.165, 1.54) is 35.5 Å². The quantitative estimate of drug-likeness (QED) is 0.477. The van der Waals surface area contributed by atoms with Gasteiger partial charge in [-0.25, -0.2) is 9.67 Å². The maximum Gasteiger partial charge on any atom is 0.295 e. The Bertz CT molecular complexity index is 785. The summed E-state index contributed by atoms with van der Waals surface area (Å²) in [7, 11) is 0. The van der Waals surface area contributed by atoms with Gasteiger partial charge < -0.3 is 10.6 Å². The number of rotatable bonds is 5. The molecule has 0 saturated heterocycles. The fraction of sp³-hybridized carbons (Fsp3) is 0.267. The summed E-state index contributed by atoms with van der Waals surface area (Å²) >= 11 is 0. The van der Waals surface area contributed by atoms with Gasteiger partial charge in [-0.2, -0.15) is 5.10 Å². The number of aromatic nitrogens is 3. The first-order valence-electron chi connectivity index (χ1n) is 7.45. The lowest BCUT2D eigenvalue weighted by Crippen LogP contribution is -2.29. The molecule has 0 radical (unpaired) electrons. The normalized spacial score (nSPS) is 14.1. The molecule has 0 saturated carbocycles. The van der Waals surface area contributed by atoms with Gasteiger partial charge in [0.25, 0.3) is 11.6 Å². The van der Waals surface area contributed by atoms with Crippen LogP contribution in [0, 0.1) is 10.1 Å². The van der Waals surface area contributed by atoms with E-state index in [1.807, 2.05) is 6.08 Å². The number of hydrogen-bond acceptors (Lipinski definition) is 6. The van der Waals surface area contributed by atoms with Crippen LogP contribution in [0.2, 0.25) is 0 Å². The standard InChI is InChI=1S/C15H16N6O3/c22-15(18-8-11-3-5-16-6-4-11)12-1-2-13(14(7-12)21(23)24)20-10-17-9-19-20/h1-3,7,9-10,16H,4-6,8H2,(H,18,22). The SMILES string of the molecule is O=C(NCC1=CCNCC1)c1ccc(-n2cncn2)c([N+](=O)[O-])c1. The zero-order chi connectivity index (χ0) is 16.9. The zero-order valence-corrected chi connectivity index (χ0v) is 12.8. The number of nitro benzene ring substituents is 1. The van der Waals surface area contributed by atoms with Crippen molar-refractivity contribution in [3.05, 3.63) is 58.2 Å². The molecule has 2 aromatic rings. The third-order valence-corrected chi connectivity index (χ3v) is 3.73. The lowest BCUT2D eigenvalue weighted by molar-refractivity contribution is -0.384. The van der Waals surface area contributed by atoms with E-state index < -0.39 is 4.92 Å². The molecule has 24 heavy (non-hydrogen) atoms. The summed E-state index contributed by atoms with van der Waals surface area (Å²) in [4.78, 5) is 26.8. The first-order chi connectivity index (χ1) is 11.6. The van der Waals surface area contributed by atoms with E-state index in [-0.39, 0.29) is 22.8 Å². The fourth-order valence-corrected chi connectivity index (χ4v) is 2.46. The van der Waals surface area contributed by atoms with E-state index in [0.29, 0.717) is 6.54 Å². The molecule has 3 rings (SSSR count). The Balaban J connectivity index is 1.78. The minimum absolute atomic E-state index is 0.200. The summed E-state index contributed by atoms with van der Waals surface area (Å²) < 4.78 is 1.29. The number of nitrogens with zero attached hydrogens (tertiary/aromatic N) is 4. The highest BCUT2D eigenvalue weighted by atomic mass is 16.6. The smallest absolute Gasteiger partial charge is 0.295 e. The largest absolute Gasteiger partial charge is 0.348 e. The minimum atomic E-state index is -0.539. The zero-order valence-electron chi connectivity index (χ0n) is 12.8. The third-order valence-electron chi connectivity index (χ3n) is 3.73. The van der Waals surface area contributed by atoms with E-state index in [4.69, 9.17) is 0 Å². The average molecular weight is 328 g/mol. The maximum absolute atomic E-state index is 12.2. The van der Waals surface area contributed by atoms with Gasteiger partial charge in [0.05, 0.1) is 4.92 Å². The van der Waals surface area contributed by atoms with Crippen LogP contribution in [0.25, 0.3) is 5.69 Å². The van der Waals surface area contributed by atoms with Crippen molar-refractivity contribution in [2.75, 3.05) is 19.6 Å². The molecule has 2 N–H and O–H groups in total. The lowest BCUT2D eigenvalue weighted by Gasteiger charge is -2.14. The van der Waals surface area contributed by atoms with Crippen LogP contribution in [0.1, 0.15) is 16.8 Å². The molecule has 0 spiro atoms. The first kappa shape index (κ1) is 15.8. The van der Waals surface area contributed by atoms with Crippen molar-refractivity contribution in [2.24, 2.45) is 0 Å². The molecular weight excluding hydrogens is 312 g/mol. The minimum Gasteiger partial charge on any atom is -0.348 e. The number of amides is 1. The van der Waals surface area contributed by atoms with Gasteiger partial charge in [0.2, 0.25) is 0 Å². The summed E-state index contributed by atoms with van der Waals surface area (Å²) in [5.41, 5.74) is 1.44.